The van der Waals surface area contributed by atoms with Gasteiger partial charge in [0, 0.05) is 29.8 Å². The predicted molar refractivity (Wildman–Crippen MR) is 110 cm³/mol. The average Bonchev–Trinajstić information content (AvgIpc) is 3.30. The monoisotopic (exact) mass is 440 g/mol. The van der Waals surface area contributed by atoms with Crippen LogP contribution >= 0.6 is 0 Å². The number of hydrogen-bond donors (Lipinski definition) is 2. The lowest BCUT2D eigenvalue weighted by Crippen LogP contribution is -2.19. The molecule has 2 aromatic carbocycles. The van der Waals surface area contributed by atoms with E-state index in [9.17, 15) is 18.0 Å². The summed E-state index contributed by atoms with van der Waals surface area (Å²) in [6.07, 6.45) is 0.467. The quantitative estimate of drug-likeness (QED) is 0.449. The highest BCUT2D eigenvalue weighted by atomic mass is 19.4. The maximum Gasteiger partial charge on any atom is 0.416 e. The molecule has 0 saturated carbocycles. The summed E-state index contributed by atoms with van der Waals surface area (Å²) in [7, 11) is 0. The number of aromatic nitrogens is 4. The Kier molecular flexibility index (Phi) is 5.71. The Labute approximate surface area is 179 Å². The first-order valence-electron chi connectivity index (χ1n) is 9.22. The van der Waals surface area contributed by atoms with Crippen LogP contribution in [0.1, 0.15) is 5.56 Å². The molecule has 0 aliphatic heterocycles. The van der Waals surface area contributed by atoms with E-state index in [0.717, 1.165) is 12.1 Å². The molecule has 4 aromatic rings. The number of alkyl halides is 3. The Bertz CT molecular complexity index is 1190. The molecular formula is C21H15F3N6O2. The second-order valence-electron chi connectivity index (χ2n) is 6.48. The molecule has 2 aromatic heterocycles. The minimum absolute atomic E-state index is 0.0231. The zero-order valence-corrected chi connectivity index (χ0v) is 16.2. The zero-order valence-electron chi connectivity index (χ0n) is 16.2. The molecular weight excluding hydrogens is 425 g/mol. The number of amides is 2. The fourth-order valence-electron chi connectivity index (χ4n) is 2.69. The number of nitrogens with one attached hydrogen (secondary N) is 2. The van der Waals surface area contributed by atoms with E-state index in [4.69, 9.17) is 4.74 Å². The average molecular weight is 440 g/mol. The fraction of sp³-hybridized carbons (Fsp3) is 0.0476. The van der Waals surface area contributed by atoms with Gasteiger partial charge in [0.25, 0.3) is 0 Å². The molecule has 0 aliphatic rings. The van der Waals surface area contributed by atoms with E-state index < -0.39 is 17.8 Å². The van der Waals surface area contributed by atoms with Gasteiger partial charge in [-0.25, -0.2) is 9.78 Å². The summed E-state index contributed by atoms with van der Waals surface area (Å²) in [4.78, 5) is 16.0. The molecule has 0 unspecified atom stereocenters. The fourth-order valence-corrected chi connectivity index (χ4v) is 2.69. The zero-order chi connectivity index (χ0) is 22.6. The minimum atomic E-state index is -4.49. The van der Waals surface area contributed by atoms with E-state index in [0.29, 0.717) is 17.3 Å². The van der Waals surface area contributed by atoms with Crippen molar-refractivity contribution in [3.63, 3.8) is 0 Å². The van der Waals surface area contributed by atoms with Crippen LogP contribution in [0.5, 0.6) is 11.6 Å². The smallest absolute Gasteiger partial charge is 0.416 e. The molecule has 0 atom stereocenters. The summed E-state index contributed by atoms with van der Waals surface area (Å²) in [5, 5.41) is 12.9. The lowest BCUT2D eigenvalue weighted by molar-refractivity contribution is -0.137. The molecule has 2 heterocycles. The Balaban J connectivity index is 1.34. The van der Waals surface area contributed by atoms with Gasteiger partial charge in [-0.1, -0.05) is 6.07 Å². The molecule has 2 amide bonds. The number of ether oxygens (including phenoxy) is 1. The van der Waals surface area contributed by atoms with Gasteiger partial charge < -0.3 is 15.4 Å². The normalized spacial score (nSPS) is 11.1. The third-order valence-electron chi connectivity index (χ3n) is 4.18. The highest BCUT2D eigenvalue weighted by molar-refractivity contribution is 5.99. The van der Waals surface area contributed by atoms with Crippen LogP contribution in [0, 0.1) is 0 Å². The van der Waals surface area contributed by atoms with Crippen LogP contribution in [0.25, 0.3) is 5.82 Å². The molecule has 0 spiro atoms. The Morgan fingerprint density at radius 1 is 0.938 bits per heavy atom. The summed E-state index contributed by atoms with van der Waals surface area (Å²) < 4.78 is 45.6. The maximum absolute atomic E-state index is 12.8. The van der Waals surface area contributed by atoms with Crippen molar-refractivity contribution in [2.45, 2.75) is 6.18 Å². The van der Waals surface area contributed by atoms with Gasteiger partial charge in [0.05, 0.1) is 5.56 Å². The van der Waals surface area contributed by atoms with E-state index in [-0.39, 0.29) is 11.6 Å². The van der Waals surface area contributed by atoms with Gasteiger partial charge in [-0.05, 0) is 48.5 Å². The van der Waals surface area contributed by atoms with Crippen molar-refractivity contribution < 1.29 is 22.7 Å². The van der Waals surface area contributed by atoms with E-state index in [1.807, 2.05) is 0 Å². The number of benzene rings is 2. The van der Waals surface area contributed by atoms with E-state index >= 15 is 0 Å². The number of carbonyl (C=O) groups is 1. The first-order chi connectivity index (χ1) is 15.4. The van der Waals surface area contributed by atoms with Crippen LogP contribution < -0.4 is 15.4 Å². The summed E-state index contributed by atoms with van der Waals surface area (Å²) in [5.74, 6) is 1.32. The maximum atomic E-state index is 12.8. The molecule has 0 saturated heterocycles. The number of halogens is 3. The van der Waals surface area contributed by atoms with Crippen LogP contribution in [-0.2, 0) is 6.18 Å². The molecule has 162 valence electrons. The van der Waals surface area contributed by atoms with Crippen LogP contribution in [0.2, 0.25) is 0 Å². The summed E-state index contributed by atoms with van der Waals surface area (Å²) in [5.41, 5.74) is -0.406. The van der Waals surface area contributed by atoms with Crippen molar-refractivity contribution in [1.82, 2.24) is 19.7 Å². The number of rotatable bonds is 5. The summed E-state index contributed by atoms with van der Waals surface area (Å²) >= 11 is 0. The van der Waals surface area contributed by atoms with Crippen molar-refractivity contribution >= 4 is 17.4 Å². The van der Waals surface area contributed by atoms with Crippen molar-refractivity contribution in [3.8, 4) is 17.4 Å². The highest BCUT2D eigenvalue weighted by Gasteiger charge is 2.30. The largest absolute Gasteiger partial charge is 0.438 e. The predicted octanol–water partition coefficient (Wildman–Crippen LogP) is 5.12. The lowest BCUT2D eigenvalue weighted by Gasteiger charge is -2.11. The van der Waals surface area contributed by atoms with Gasteiger partial charge in [-0.15, -0.1) is 10.2 Å². The van der Waals surface area contributed by atoms with E-state index in [2.05, 4.69) is 25.8 Å². The lowest BCUT2D eigenvalue weighted by atomic mass is 10.2. The number of carbonyl (C=O) groups excluding carboxylic acids is 1. The van der Waals surface area contributed by atoms with Crippen molar-refractivity contribution in [2.24, 2.45) is 0 Å². The minimum Gasteiger partial charge on any atom is -0.438 e. The third-order valence-corrected chi connectivity index (χ3v) is 4.18. The molecule has 32 heavy (non-hydrogen) atoms. The molecule has 11 heteroatoms. The molecule has 0 radical (unpaired) electrons. The number of anilines is 2. The molecule has 2 N–H and O–H groups in total. The summed E-state index contributed by atoms with van der Waals surface area (Å²) in [6.45, 7) is 0. The van der Waals surface area contributed by atoms with Crippen molar-refractivity contribution in [1.29, 1.82) is 0 Å². The van der Waals surface area contributed by atoms with Gasteiger partial charge in [0.2, 0.25) is 5.88 Å². The van der Waals surface area contributed by atoms with Crippen LogP contribution in [0.15, 0.2) is 79.4 Å². The highest BCUT2D eigenvalue weighted by Crippen LogP contribution is 2.30. The number of hydrogen-bond acceptors (Lipinski definition) is 5. The summed E-state index contributed by atoms with van der Waals surface area (Å²) in [6, 6.07) is 13.4. The Morgan fingerprint density at radius 2 is 1.72 bits per heavy atom. The van der Waals surface area contributed by atoms with Crippen molar-refractivity contribution in [3.05, 3.63) is 84.9 Å². The SMILES string of the molecule is O=C(Nc1ccc(Oc2ccc(-n3ccnc3)nn2)cc1)Nc1cccc(C(F)(F)F)c1. The molecule has 0 bridgehead atoms. The Morgan fingerprint density at radius 3 is 2.38 bits per heavy atom. The topological polar surface area (TPSA) is 94.0 Å². The first kappa shape index (κ1) is 20.8. The van der Waals surface area contributed by atoms with E-state index in [1.165, 1.54) is 12.1 Å². The molecule has 4 rings (SSSR count). The van der Waals surface area contributed by atoms with Crippen LogP contribution in [0.3, 0.4) is 0 Å². The van der Waals surface area contributed by atoms with Crippen LogP contribution in [-0.4, -0.2) is 25.8 Å². The van der Waals surface area contributed by atoms with Gasteiger partial charge in [-0.2, -0.15) is 13.2 Å². The number of nitrogens with zero attached hydrogens (tertiary/aromatic N) is 4. The first-order valence-corrected chi connectivity index (χ1v) is 9.22. The van der Waals surface area contributed by atoms with Crippen LogP contribution in [0.4, 0.5) is 29.3 Å². The Hall–Kier alpha value is -4.41. The van der Waals surface area contributed by atoms with E-state index in [1.54, 1.807) is 59.7 Å². The number of imidazole rings is 1. The second kappa shape index (κ2) is 8.76. The second-order valence-corrected chi connectivity index (χ2v) is 6.48. The van der Waals surface area contributed by atoms with Gasteiger partial charge in [0.15, 0.2) is 5.82 Å². The van der Waals surface area contributed by atoms with Gasteiger partial charge in [0.1, 0.15) is 12.1 Å². The number of urea groups is 1. The third kappa shape index (κ3) is 5.19. The molecule has 8 nitrogen and oxygen atoms in total. The van der Waals surface area contributed by atoms with Gasteiger partial charge in [-0.3, -0.25) is 4.57 Å². The van der Waals surface area contributed by atoms with Crippen molar-refractivity contribution in [2.75, 3.05) is 10.6 Å². The standard InChI is InChI=1S/C21H15F3N6O2/c22-21(23,24)14-2-1-3-16(12-14)27-20(31)26-15-4-6-17(7-5-15)32-19-9-8-18(28-29-19)30-11-10-25-13-30/h1-13H,(H2,26,27,31). The molecule has 0 fully saturated rings. The molecule has 0 aliphatic carbocycles. The van der Waals surface area contributed by atoms with Gasteiger partial charge >= 0.3 is 12.2 Å².